The van der Waals surface area contributed by atoms with Gasteiger partial charge >= 0.3 is 0 Å². The molecule has 0 saturated carbocycles. The smallest absolute Gasteiger partial charge is 0.136 e. The first kappa shape index (κ1) is 13.1. The van der Waals surface area contributed by atoms with E-state index in [1.165, 1.54) is 0 Å². The topological polar surface area (TPSA) is 54.0 Å². The second kappa shape index (κ2) is 7.35. The van der Waals surface area contributed by atoms with E-state index >= 15 is 0 Å². The highest BCUT2D eigenvalue weighted by Gasteiger charge is 2.10. The third-order valence-electron chi connectivity index (χ3n) is 2.23. The summed E-state index contributed by atoms with van der Waals surface area (Å²) in [7, 11) is 1.84. The second-order valence-electron chi connectivity index (χ2n) is 3.43. The van der Waals surface area contributed by atoms with Crippen LogP contribution in [0.3, 0.4) is 0 Å². The Balaban J connectivity index is 0.000000165. The fourth-order valence-electron chi connectivity index (χ4n) is 1.38. The zero-order valence-electron chi connectivity index (χ0n) is 9.24. The van der Waals surface area contributed by atoms with E-state index < -0.39 is 0 Å². The number of anilines is 1. The summed E-state index contributed by atoms with van der Waals surface area (Å²) in [5, 5.41) is 5.96. The Morgan fingerprint density at radius 3 is 2.81 bits per heavy atom. The number of rotatable bonds is 2. The first-order valence-corrected chi connectivity index (χ1v) is 6.04. The number of nitrogens with one attached hydrogen (secondary N) is 2. The van der Waals surface area contributed by atoms with E-state index in [-0.39, 0.29) is 6.04 Å². The predicted octanol–water partition coefficient (Wildman–Crippen LogP) is 1.82. The molecule has 0 aliphatic carbocycles. The zero-order valence-corrected chi connectivity index (χ0v) is 10.8. The van der Waals surface area contributed by atoms with Crippen LogP contribution in [0.25, 0.3) is 0 Å². The molecule has 1 aromatic rings. The van der Waals surface area contributed by atoms with Crippen molar-refractivity contribution in [1.82, 2.24) is 10.3 Å². The normalized spacial score (nSPS) is 18.5. The summed E-state index contributed by atoms with van der Waals surface area (Å²) in [6, 6.07) is 5.90. The van der Waals surface area contributed by atoms with Gasteiger partial charge in [-0.05, 0) is 47.4 Å². The lowest BCUT2D eigenvalue weighted by Gasteiger charge is -1.96. The van der Waals surface area contributed by atoms with Crippen molar-refractivity contribution >= 4 is 28.0 Å². The Morgan fingerprint density at radius 2 is 2.44 bits per heavy atom. The Hall–Kier alpha value is -0.940. The first-order valence-electron chi connectivity index (χ1n) is 5.25. The molecule has 5 heteroatoms. The Morgan fingerprint density at radius 1 is 1.62 bits per heavy atom. The zero-order chi connectivity index (χ0) is 11.8. The predicted molar refractivity (Wildman–Crippen MR) is 68.6 cm³/mol. The first-order chi connectivity index (χ1) is 7.76. The van der Waals surface area contributed by atoms with E-state index in [1.54, 1.807) is 0 Å². The number of hydrogen-bond donors (Lipinski definition) is 2. The molecule has 16 heavy (non-hydrogen) atoms. The summed E-state index contributed by atoms with van der Waals surface area (Å²) < 4.78 is 0.856. The highest BCUT2D eigenvalue weighted by Crippen LogP contribution is 2.08. The molecule has 1 atom stereocenters. The maximum atomic E-state index is 9.94. The van der Waals surface area contributed by atoms with Crippen LogP contribution in [0, 0.1) is 0 Å². The quantitative estimate of drug-likeness (QED) is 0.643. The van der Waals surface area contributed by atoms with Crippen molar-refractivity contribution in [3.63, 3.8) is 0 Å². The van der Waals surface area contributed by atoms with Gasteiger partial charge in [-0.25, -0.2) is 4.98 Å². The van der Waals surface area contributed by atoms with Crippen molar-refractivity contribution in [2.45, 2.75) is 18.9 Å². The third kappa shape index (κ3) is 4.72. The lowest BCUT2D eigenvalue weighted by Crippen LogP contribution is -2.21. The SMILES string of the molecule is CNc1cccc(Br)n1.O=CC1CCCN1. The highest BCUT2D eigenvalue weighted by molar-refractivity contribution is 9.10. The average Bonchev–Trinajstić information content (AvgIpc) is 2.82. The van der Waals surface area contributed by atoms with Crippen molar-refractivity contribution in [3.05, 3.63) is 22.8 Å². The fourth-order valence-corrected chi connectivity index (χ4v) is 1.72. The van der Waals surface area contributed by atoms with Gasteiger partial charge in [-0.3, -0.25) is 0 Å². The number of halogens is 1. The number of aromatic nitrogens is 1. The standard InChI is InChI=1S/C6H7BrN2.C5H9NO/c1-8-6-4-2-3-5(7)9-6;7-4-5-2-1-3-6-5/h2-4H,1H3,(H,8,9);4-6H,1-3H2. The lowest BCUT2D eigenvalue weighted by molar-refractivity contribution is -0.109. The van der Waals surface area contributed by atoms with E-state index in [2.05, 4.69) is 31.5 Å². The van der Waals surface area contributed by atoms with Gasteiger partial charge < -0.3 is 15.4 Å². The minimum absolute atomic E-state index is 0.167. The minimum atomic E-state index is 0.167. The van der Waals surface area contributed by atoms with Gasteiger partial charge in [0.05, 0.1) is 6.04 Å². The molecule has 1 unspecified atom stereocenters. The monoisotopic (exact) mass is 285 g/mol. The van der Waals surface area contributed by atoms with Crippen molar-refractivity contribution in [1.29, 1.82) is 0 Å². The average molecular weight is 286 g/mol. The van der Waals surface area contributed by atoms with Crippen LogP contribution < -0.4 is 10.6 Å². The number of aldehydes is 1. The van der Waals surface area contributed by atoms with Crippen molar-refractivity contribution < 1.29 is 4.79 Å². The Labute approximate surface area is 104 Å². The Kier molecular flexibility index (Phi) is 6.03. The molecule has 1 aromatic heterocycles. The molecule has 2 rings (SSSR count). The highest BCUT2D eigenvalue weighted by atomic mass is 79.9. The van der Waals surface area contributed by atoms with Crippen LogP contribution in [-0.2, 0) is 4.79 Å². The van der Waals surface area contributed by atoms with Gasteiger partial charge in [0.25, 0.3) is 0 Å². The van der Waals surface area contributed by atoms with Crippen LogP contribution in [0.2, 0.25) is 0 Å². The van der Waals surface area contributed by atoms with Crippen molar-refractivity contribution in [2.75, 3.05) is 18.9 Å². The van der Waals surface area contributed by atoms with Gasteiger partial charge in [-0.15, -0.1) is 0 Å². The van der Waals surface area contributed by atoms with E-state index in [0.717, 1.165) is 36.1 Å². The van der Waals surface area contributed by atoms with Gasteiger partial charge in [0.1, 0.15) is 16.7 Å². The fraction of sp³-hybridized carbons (Fsp3) is 0.455. The number of carbonyl (C=O) groups excluding carboxylic acids is 1. The lowest BCUT2D eigenvalue weighted by atomic mass is 10.2. The molecule has 0 spiro atoms. The summed E-state index contributed by atoms with van der Waals surface area (Å²) in [5.74, 6) is 0.879. The van der Waals surface area contributed by atoms with Crippen LogP contribution in [-0.4, -0.2) is 30.9 Å². The molecule has 4 nitrogen and oxygen atoms in total. The van der Waals surface area contributed by atoms with E-state index in [4.69, 9.17) is 0 Å². The summed E-state index contributed by atoms with van der Waals surface area (Å²) >= 11 is 3.25. The molecule has 0 radical (unpaired) electrons. The number of carbonyl (C=O) groups is 1. The second-order valence-corrected chi connectivity index (χ2v) is 4.25. The maximum absolute atomic E-state index is 9.94. The molecular formula is C11H16BrN3O. The van der Waals surface area contributed by atoms with Gasteiger partial charge in [0, 0.05) is 7.05 Å². The number of pyridine rings is 1. The van der Waals surface area contributed by atoms with Crippen molar-refractivity contribution in [2.24, 2.45) is 0 Å². The molecule has 0 amide bonds. The molecule has 88 valence electrons. The van der Waals surface area contributed by atoms with Crippen LogP contribution in [0.5, 0.6) is 0 Å². The molecule has 1 saturated heterocycles. The van der Waals surface area contributed by atoms with Crippen LogP contribution >= 0.6 is 15.9 Å². The van der Waals surface area contributed by atoms with Crippen molar-refractivity contribution in [3.8, 4) is 0 Å². The molecule has 2 heterocycles. The molecule has 1 fully saturated rings. The minimum Gasteiger partial charge on any atom is -0.373 e. The van der Waals surface area contributed by atoms with E-state index in [0.29, 0.717) is 0 Å². The molecule has 0 bridgehead atoms. The summed E-state index contributed by atoms with van der Waals surface area (Å²) in [4.78, 5) is 14.0. The van der Waals surface area contributed by atoms with E-state index in [1.807, 2.05) is 25.2 Å². The van der Waals surface area contributed by atoms with Crippen LogP contribution in [0.1, 0.15) is 12.8 Å². The molecule has 0 aromatic carbocycles. The number of nitrogens with zero attached hydrogens (tertiary/aromatic N) is 1. The number of hydrogen-bond acceptors (Lipinski definition) is 4. The van der Waals surface area contributed by atoms with Crippen LogP contribution in [0.15, 0.2) is 22.8 Å². The molecule has 1 aliphatic rings. The van der Waals surface area contributed by atoms with E-state index in [9.17, 15) is 4.79 Å². The van der Waals surface area contributed by atoms with Gasteiger partial charge in [-0.2, -0.15) is 0 Å². The largest absolute Gasteiger partial charge is 0.373 e. The van der Waals surface area contributed by atoms with Gasteiger partial charge in [0.2, 0.25) is 0 Å². The summed E-state index contributed by atoms with van der Waals surface area (Å²) in [5.41, 5.74) is 0. The summed E-state index contributed by atoms with van der Waals surface area (Å²) in [6.07, 6.45) is 3.17. The summed E-state index contributed by atoms with van der Waals surface area (Å²) in [6.45, 7) is 1.02. The van der Waals surface area contributed by atoms with Gasteiger partial charge in [-0.1, -0.05) is 6.07 Å². The van der Waals surface area contributed by atoms with Gasteiger partial charge in [0.15, 0.2) is 0 Å². The molecular weight excluding hydrogens is 270 g/mol. The maximum Gasteiger partial charge on any atom is 0.136 e. The molecule has 2 N–H and O–H groups in total. The molecule has 1 aliphatic heterocycles. The van der Waals surface area contributed by atoms with Crippen LogP contribution in [0.4, 0.5) is 5.82 Å². The Bertz CT molecular complexity index is 327. The third-order valence-corrected chi connectivity index (χ3v) is 2.68.